The van der Waals surface area contributed by atoms with E-state index in [1.54, 1.807) is 12.1 Å². The summed E-state index contributed by atoms with van der Waals surface area (Å²) in [4.78, 5) is 0. The van der Waals surface area contributed by atoms with Gasteiger partial charge in [-0.15, -0.1) is 11.3 Å². The van der Waals surface area contributed by atoms with Crippen LogP contribution in [0, 0.1) is 5.92 Å². The summed E-state index contributed by atoms with van der Waals surface area (Å²) in [6, 6.07) is 13.4. The van der Waals surface area contributed by atoms with Crippen molar-refractivity contribution in [1.29, 1.82) is 0 Å². The van der Waals surface area contributed by atoms with Crippen LogP contribution in [-0.2, 0) is 16.4 Å². The Bertz CT molecular complexity index is 653. The standard InChI is InChI=1S/C14H16BrNO2S2/c1-11(9-12-5-3-2-4-6-12)10-16-20(17,18)14-8-7-13(15)19-14/h2-8,11,16H,9-10H2,1H3. The lowest BCUT2D eigenvalue weighted by atomic mass is 10.0. The second-order valence-corrected chi connectivity index (χ2v) is 9.16. The van der Waals surface area contributed by atoms with Crippen LogP contribution in [0.4, 0.5) is 0 Å². The minimum atomic E-state index is -3.39. The molecule has 0 aliphatic carbocycles. The first-order valence-corrected chi connectivity index (χ1v) is 9.35. The van der Waals surface area contributed by atoms with Gasteiger partial charge in [-0.2, -0.15) is 0 Å². The van der Waals surface area contributed by atoms with E-state index in [1.165, 1.54) is 16.9 Å². The molecule has 20 heavy (non-hydrogen) atoms. The quantitative estimate of drug-likeness (QED) is 0.839. The lowest BCUT2D eigenvalue weighted by Crippen LogP contribution is -2.28. The van der Waals surface area contributed by atoms with Crippen molar-refractivity contribution >= 4 is 37.3 Å². The molecule has 0 radical (unpaired) electrons. The molecule has 0 saturated carbocycles. The normalized spacial score (nSPS) is 13.3. The fraction of sp³-hybridized carbons (Fsp3) is 0.286. The predicted molar refractivity (Wildman–Crippen MR) is 86.5 cm³/mol. The summed E-state index contributed by atoms with van der Waals surface area (Å²) in [6.45, 7) is 2.48. The first kappa shape index (κ1) is 15.7. The summed E-state index contributed by atoms with van der Waals surface area (Å²) in [7, 11) is -3.39. The van der Waals surface area contributed by atoms with E-state index in [9.17, 15) is 8.42 Å². The van der Waals surface area contributed by atoms with E-state index in [-0.39, 0.29) is 5.92 Å². The van der Waals surface area contributed by atoms with Gasteiger partial charge in [-0.3, -0.25) is 0 Å². The second kappa shape index (κ2) is 6.85. The van der Waals surface area contributed by atoms with Gasteiger partial charge in [-0.1, -0.05) is 37.3 Å². The molecule has 1 N–H and O–H groups in total. The number of hydrogen-bond donors (Lipinski definition) is 1. The number of hydrogen-bond acceptors (Lipinski definition) is 3. The first-order chi connectivity index (χ1) is 9.47. The van der Waals surface area contributed by atoms with Crippen molar-refractivity contribution in [1.82, 2.24) is 4.72 Å². The Morgan fingerprint density at radius 1 is 1.20 bits per heavy atom. The minimum absolute atomic E-state index is 0.246. The molecule has 3 nitrogen and oxygen atoms in total. The maximum absolute atomic E-state index is 12.1. The van der Waals surface area contributed by atoms with Crippen LogP contribution in [0.5, 0.6) is 0 Å². The van der Waals surface area contributed by atoms with Gasteiger partial charge in [0, 0.05) is 6.54 Å². The highest BCUT2D eigenvalue weighted by atomic mass is 79.9. The van der Waals surface area contributed by atoms with Crippen molar-refractivity contribution in [2.45, 2.75) is 17.6 Å². The molecule has 1 aromatic carbocycles. The molecule has 2 rings (SSSR count). The van der Waals surface area contributed by atoms with Gasteiger partial charge in [0.25, 0.3) is 0 Å². The van der Waals surface area contributed by atoms with Crippen LogP contribution in [0.25, 0.3) is 0 Å². The second-order valence-electron chi connectivity index (χ2n) is 4.71. The van der Waals surface area contributed by atoms with Crippen molar-refractivity contribution in [2.75, 3.05) is 6.54 Å². The van der Waals surface area contributed by atoms with E-state index in [1.807, 2.05) is 25.1 Å². The Morgan fingerprint density at radius 2 is 1.90 bits per heavy atom. The van der Waals surface area contributed by atoms with Crippen molar-refractivity contribution < 1.29 is 8.42 Å². The van der Waals surface area contributed by atoms with Gasteiger partial charge >= 0.3 is 0 Å². The zero-order valence-corrected chi connectivity index (χ0v) is 14.3. The third kappa shape index (κ3) is 4.41. The van der Waals surface area contributed by atoms with Crippen LogP contribution in [0.15, 0.2) is 50.5 Å². The van der Waals surface area contributed by atoms with Crippen LogP contribution < -0.4 is 4.72 Å². The van der Waals surface area contributed by atoms with Crippen LogP contribution in [0.1, 0.15) is 12.5 Å². The van der Waals surface area contributed by atoms with Crippen LogP contribution in [-0.4, -0.2) is 15.0 Å². The van der Waals surface area contributed by atoms with Gasteiger partial charge in [-0.05, 0) is 46.0 Å². The Hall–Kier alpha value is -0.690. The molecule has 0 amide bonds. The van der Waals surface area contributed by atoms with Crippen molar-refractivity contribution in [3.8, 4) is 0 Å². The fourth-order valence-electron chi connectivity index (χ4n) is 1.85. The Kier molecular flexibility index (Phi) is 5.37. The third-order valence-corrected chi connectivity index (χ3v) is 6.40. The number of thiophene rings is 1. The number of rotatable bonds is 6. The Balaban J connectivity index is 1.91. The van der Waals surface area contributed by atoms with Gasteiger partial charge in [0.2, 0.25) is 10.0 Å². The zero-order valence-electron chi connectivity index (χ0n) is 11.0. The van der Waals surface area contributed by atoms with Crippen molar-refractivity contribution in [3.63, 3.8) is 0 Å². The lowest BCUT2D eigenvalue weighted by molar-refractivity contribution is 0.538. The van der Waals surface area contributed by atoms with Gasteiger partial charge in [0.05, 0.1) is 3.79 Å². The Labute approximate surface area is 132 Å². The van der Waals surface area contributed by atoms with E-state index in [4.69, 9.17) is 0 Å². The summed E-state index contributed by atoms with van der Waals surface area (Å²) in [5, 5.41) is 0. The summed E-state index contributed by atoms with van der Waals surface area (Å²) >= 11 is 4.49. The molecule has 1 heterocycles. The minimum Gasteiger partial charge on any atom is -0.210 e. The molecular formula is C14H16BrNO2S2. The van der Waals surface area contributed by atoms with E-state index >= 15 is 0 Å². The molecule has 6 heteroatoms. The molecular weight excluding hydrogens is 358 g/mol. The van der Waals surface area contributed by atoms with Gasteiger partial charge in [0.15, 0.2) is 0 Å². The zero-order chi connectivity index (χ0) is 14.6. The fourth-order valence-corrected chi connectivity index (χ4v) is 5.07. The molecule has 0 fully saturated rings. The van der Waals surface area contributed by atoms with Crippen molar-refractivity contribution in [3.05, 3.63) is 51.8 Å². The van der Waals surface area contributed by atoms with E-state index in [2.05, 4.69) is 32.8 Å². The molecule has 1 unspecified atom stereocenters. The molecule has 1 aromatic heterocycles. The van der Waals surface area contributed by atoms with Crippen LogP contribution in [0.2, 0.25) is 0 Å². The summed E-state index contributed by atoms with van der Waals surface area (Å²) in [5.74, 6) is 0.246. The van der Waals surface area contributed by atoms with Gasteiger partial charge in [0.1, 0.15) is 4.21 Å². The smallest absolute Gasteiger partial charge is 0.210 e. The van der Waals surface area contributed by atoms with E-state index < -0.39 is 10.0 Å². The average Bonchev–Trinajstić information content (AvgIpc) is 2.85. The molecule has 0 spiro atoms. The molecule has 108 valence electrons. The van der Waals surface area contributed by atoms with Crippen molar-refractivity contribution in [2.24, 2.45) is 5.92 Å². The summed E-state index contributed by atoms with van der Waals surface area (Å²) in [5.41, 5.74) is 1.22. The molecule has 2 aromatic rings. The highest BCUT2D eigenvalue weighted by Gasteiger charge is 2.17. The molecule has 1 atom stereocenters. The molecule has 0 aliphatic heterocycles. The van der Waals surface area contributed by atoms with Crippen LogP contribution >= 0.6 is 27.3 Å². The SMILES string of the molecule is CC(CNS(=O)(=O)c1ccc(Br)s1)Cc1ccccc1. The van der Waals surface area contributed by atoms with Gasteiger partial charge in [-0.25, -0.2) is 13.1 Å². The first-order valence-electron chi connectivity index (χ1n) is 6.26. The summed E-state index contributed by atoms with van der Waals surface area (Å²) in [6.07, 6.45) is 0.859. The maximum Gasteiger partial charge on any atom is 0.250 e. The number of halogens is 1. The highest BCUT2D eigenvalue weighted by molar-refractivity contribution is 9.11. The number of nitrogens with one attached hydrogen (secondary N) is 1. The predicted octanol–water partition coefficient (Wildman–Crippen LogP) is 3.67. The summed E-state index contributed by atoms with van der Waals surface area (Å²) < 4.78 is 28.0. The monoisotopic (exact) mass is 373 g/mol. The lowest BCUT2D eigenvalue weighted by Gasteiger charge is -2.12. The topological polar surface area (TPSA) is 46.2 Å². The number of sulfonamides is 1. The molecule has 0 aliphatic rings. The molecule has 0 bridgehead atoms. The number of benzene rings is 1. The third-order valence-electron chi connectivity index (χ3n) is 2.86. The average molecular weight is 374 g/mol. The maximum atomic E-state index is 12.1. The van der Waals surface area contributed by atoms with Gasteiger partial charge < -0.3 is 0 Å². The molecule has 0 saturated heterocycles. The van der Waals surface area contributed by atoms with E-state index in [0.29, 0.717) is 10.8 Å². The largest absolute Gasteiger partial charge is 0.250 e. The Morgan fingerprint density at radius 3 is 2.50 bits per heavy atom. The highest BCUT2D eigenvalue weighted by Crippen LogP contribution is 2.25. The van der Waals surface area contributed by atoms with Crippen LogP contribution in [0.3, 0.4) is 0 Å². The van der Waals surface area contributed by atoms with E-state index in [0.717, 1.165) is 10.2 Å².